The van der Waals surface area contributed by atoms with Crippen LogP contribution in [-0.4, -0.2) is 20.2 Å². The zero-order valence-electron chi connectivity index (χ0n) is 15.8. The highest BCUT2D eigenvalue weighted by atomic mass is 19.1. The van der Waals surface area contributed by atoms with Crippen LogP contribution in [0.15, 0.2) is 48.5 Å². The number of benzene rings is 3. The fourth-order valence-electron chi connectivity index (χ4n) is 3.58. The zero-order chi connectivity index (χ0) is 19.8. The first-order chi connectivity index (χ1) is 13.5. The standard InChI is InChI=1S/C23H19FO4/c1-13-8-14-12-28-22-11-17(15-6-4-5-7-20(15)24)19(23(25)27-3)9-18(22)16(14)10-21(13)26-2/h4-11H,12H2,1-3H3. The minimum absolute atomic E-state index is 0.280. The number of halogens is 1. The second kappa shape index (κ2) is 7.00. The predicted molar refractivity (Wildman–Crippen MR) is 104 cm³/mol. The summed E-state index contributed by atoms with van der Waals surface area (Å²) >= 11 is 0. The number of esters is 1. The topological polar surface area (TPSA) is 44.8 Å². The van der Waals surface area contributed by atoms with E-state index in [-0.39, 0.29) is 5.56 Å². The van der Waals surface area contributed by atoms with Gasteiger partial charge in [0.1, 0.15) is 23.9 Å². The highest BCUT2D eigenvalue weighted by molar-refractivity contribution is 6.00. The van der Waals surface area contributed by atoms with Crippen molar-refractivity contribution in [2.75, 3.05) is 14.2 Å². The third kappa shape index (κ3) is 2.89. The molecule has 0 aromatic heterocycles. The van der Waals surface area contributed by atoms with Crippen LogP contribution in [0.4, 0.5) is 4.39 Å². The fourth-order valence-corrected chi connectivity index (χ4v) is 3.58. The normalized spacial score (nSPS) is 11.9. The van der Waals surface area contributed by atoms with E-state index in [1.165, 1.54) is 13.2 Å². The van der Waals surface area contributed by atoms with E-state index in [0.717, 1.165) is 28.0 Å². The Balaban J connectivity index is 1.98. The van der Waals surface area contributed by atoms with Gasteiger partial charge in [-0.2, -0.15) is 0 Å². The Morgan fingerprint density at radius 1 is 1.00 bits per heavy atom. The monoisotopic (exact) mass is 378 g/mol. The molecule has 0 amide bonds. The number of ether oxygens (including phenoxy) is 3. The van der Waals surface area contributed by atoms with Gasteiger partial charge in [-0.25, -0.2) is 9.18 Å². The molecule has 0 bridgehead atoms. The van der Waals surface area contributed by atoms with Crippen molar-refractivity contribution in [3.8, 4) is 33.8 Å². The summed E-state index contributed by atoms with van der Waals surface area (Å²) in [5.41, 5.74) is 4.72. The molecule has 3 aromatic rings. The molecule has 28 heavy (non-hydrogen) atoms. The second-order valence-corrected chi connectivity index (χ2v) is 6.63. The van der Waals surface area contributed by atoms with Crippen molar-refractivity contribution in [2.45, 2.75) is 13.5 Å². The summed E-state index contributed by atoms with van der Waals surface area (Å²) in [6, 6.07) is 13.7. The van der Waals surface area contributed by atoms with E-state index < -0.39 is 11.8 Å². The van der Waals surface area contributed by atoms with Crippen molar-refractivity contribution in [1.29, 1.82) is 0 Å². The van der Waals surface area contributed by atoms with Crippen LogP contribution >= 0.6 is 0 Å². The molecule has 1 heterocycles. The lowest BCUT2D eigenvalue weighted by molar-refractivity contribution is 0.0601. The summed E-state index contributed by atoms with van der Waals surface area (Å²) in [4.78, 5) is 12.5. The minimum atomic E-state index is -0.535. The molecule has 0 saturated heterocycles. The largest absolute Gasteiger partial charge is 0.496 e. The Labute approximate surface area is 162 Å². The van der Waals surface area contributed by atoms with Gasteiger partial charge in [0, 0.05) is 16.7 Å². The first kappa shape index (κ1) is 18.0. The molecule has 0 aliphatic carbocycles. The van der Waals surface area contributed by atoms with Crippen LogP contribution in [0, 0.1) is 12.7 Å². The molecule has 0 unspecified atom stereocenters. The van der Waals surface area contributed by atoms with E-state index >= 15 is 0 Å². The maximum Gasteiger partial charge on any atom is 0.338 e. The molecule has 4 rings (SSSR count). The molecule has 142 valence electrons. The van der Waals surface area contributed by atoms with Crippen molar-refractivity contribution in [3.63, 3.8) is 0 Å². The van der Waals surface area contributed by atoms with Crippen molar-refractivity contribution >= 4 is 5.97 Å². The molecule has 5 heteroatoms. The van der Waals surface area contributed by atoms with Crippen LogP contribution in [0.25, 0.3) is 22.3 Å². The Bertz CT molecular complexity index is 1090. The maximum absolute atomic E-state index is 14.4. The average Bonchev–Trinajstić information content (AvgIpc) is 2.72. The molecule has 1 aliphatic heterocycles. The zero-order valence-corrected chi connectivity index (χ0v) is 15.8. The Morgan fingerprint density at radius 3 is 2.50 bits per heavy atom. The first-order valence-electron chi connectivity index (χ1n) is 8.85. The van der Waals surface area contributed by atoms with Crippen molar-refractivity contribution in [3.05, 3.63) is 71.0 Å². The molecule has 0 fully saturated rings. The fraction of sp³-hybridized carbons (Fsp3) is 0.174. The molecule has 0 saturated carbocycles. The van der Waals surface area contributed by atoms with Crippen molar-refractivity contribution in [2.24, 2.45) is 0 Å². The van der Waals surface area contributed by atoms with E-state index in [0.29, 0.717) is 23.5 Å². The van der Waals surface area contributed by atoms with Gasteiger partial charge in [0.2, 0.25) is 0 Å². The van der Waals surface area contributed by atoms with Gasteiger partial charge < -0.3 is 14.2 Å². The number of methoxy groups -OCH3 is 2. The van der Waals surface area contributed by atoms with E-state index in [1.54, 1.807) is 37.4 Å². The second-order valence-electron chi connectivity index (χ2n) is 6.63. The third-order valence-electron chi connectivity index (χ3n) is 4.98. The first-order valence-corrected chi connectivity index (χ1v) is 8.85. The molecular formula is C23H19FO4. The number of hydrogen-bond donors (Lipinski definition) is 0. The lowest BCUT2D eigenvalue weighted by Gasteiger charge is -2.24. The molecule has 0 atom stereocenters. The van der Waals surface area contributed by atoms with E-state index in [1.807, 2.05) is 19.1 Å². The average molecular weight is 378 g/mol. The third-order valence-corrected chi connectivity index (χ3v) is 4.98. The van der Waals surface area contributed by atoms with Crippen LogP contribution < -0.4 is 9.47 Å². The molecule has 3 aromatic carbocycles. The number of hydrogen-bond acceptors (Lipinski definition) is 4. The van der Waals surface area contributed by atoms with Gasteiger partial charge in [0.25, 0.3) is 0 Å². The van der Waals surface area contributed by atoms with Crippen molar-refractivity contribution in [1.82, 2.24) is 0 Å². The summed E-state index contributed by atoms with van der Waals surface area (Å²) in [6.45, 7) is 2.36. The van der Waals surface area contributed by atoms with Gasteiger partial charge in [-0.3, -0.25) is 0 Å². The van der Waals surface area contributed by atoms with Crippen LogP contribution in [-0.2, 0) is 11.3 Å². The van der Waals surface area contributed by atoms with Gasteiger partial charge in [0.15, 0.2) is 0 Å². The Hall–Kier alpha value is -3.34. The highest BCUT2D eigenvalue weighted by Gasteiger charge is 2.25. The summed E-state index contributed by atoms with van der Waals surface area (Å²) in [6.07, 6.45) is 0. The maximum atomic E-state index is 14.4. The van der Waals surface area contributed by atoms with Gasteiger partial charge >= 0.3 is 5.97 Å². The molecule has 0 N–H and O–H groups in total. The van der Waals surface area contributed by atoms with Gasteiger partial charge in [-0.15, -0.1) is 0 Å². The van der Waals surface area contributed by atoms with Gasteiger partial charge in [-0.05, 0) is 53.9 Å². The molecule has 1 aliphatic rings. The Morgan fingerprint density at radius 2 is 1.79 bits per heavy atom. The van der Waals surface area contributed by atoms with Gasteiger partial charge in [0.05, 0.1) is 19.8 Å². The summed E-state index contributed by atoms with van der Waals surface area (Å²) in [7, 11) is 2.93. The highest BCUT2D eigenvalue weighted by Crippen LogP contribution is 2.44. The molecule has 0 radical (unpaired) electrons. The Kier molecular flexibility index (Phi) is 4.51. The number of fused-ring (bicyclic) bond motifs is 3. The van der Waals surface area contributed by atoms with Crippen LogP contribution in [0.1, 0.15) is 21.5 Å². The molecule has 0 spiro atoms. The predicted octanol–water partition coefficient (Wildman–Crippen LogP) is 5.16. The number of carbonyl (C=O) groups excluding carboxylic acids is 1. The number of rotatable bonds is 3. The van der Waals surface area contributed by atoms with Crippen molar-refractivity contribution < 1.29 is 23.4 Å². The summed E-state index contributed by atoms with van der Waals surface area (Å²) < 4.78 is 30.8. The molecular weight excluding hydrogens is 359 g/mol. The summed E-state index contributed by atoms with van der Waals surface area (Å²) in [5, 5.41) is 0. The van der Waals surface area contributed by atoms with E-state index in [2.05, 4.69) is 0 Å². The summed E-state index contributed by atoms with van der Waals surface area (Å²) in [5.74, 6) is 0.391. The van der Waals surface area contributed by atoms with Crippen LogP contribution in [0.5, 0.6) is 11.5 Å². The van der Waals surface area contributed by atoms with E-state index in [9.17, 15) is 9.18 Å². The number of carbonyl (C=O) groups is 1. The van der Waals surface area contributed by atoms with E-state index in [4.69, 9.17) is 14.2 Å². The molecule has 4 nitrogen and oxygen atoms in total. The SMILES string of the molecule is COC(=O)c1cc2c(cc1-c1ccccc1F)OCc1cc(C)c(OC)cc1-2. The lowest BCUT2D eigenvalue weighted by atomic mass is 9.90. The van der Waals surface area contributed by atoms with Crippen LogP contribution in [0.2, 0.25) is 0 Å². The smallest absolute Gasteiger partial charge is 0.338 e. The number of aryl methyl sites for hydroxylation is 1. The minimum Gasteiger partial charge on any atom is -0.496 e. The van der Waals surface area contributed by atoms with Crippen LogP contribution in [0.3, 0.4) is 0 Å². The quantitative estimate of drug-likeness (QED) is 0.591. The lowest BCUT2D eigenvalue weighted by Crippen LogP contribution is -2.10. The van der Waals surface area contributed by atoms with Gasteiger partial charge in [-0.1, -0.05) is 18.2 Å².